The SMILES string of the molecule is C=C(SC1=C(C)C2CCC1CC2)C(O)Nc1cc(-c2cc(Nc3ccncn3)c(=O)[nH]n2)ccc1F. The lowest BCUT2D eigenvalue weighted by Gasteiger charge is -2.39. The molecule has 0 radical (unpaired) electrons. The summed E-state index contributed by atoms with van der Waals surface area (Å²) in [6.45, 7) is 6.24. The molecule has 3 aliphatic rings. The summed E-state index contributed by atoms with van der Waals surface area (Å²) in [5, 5.41) is 23.1. The van der Waals surface area contributed by atoms with Crippen molar-refractivity contribution in [2.75, 3.05) is 10.6 Å². The minimum Gasteiger partial charge on any atom is -0.369 e. The molecule has 0 saturated heterocycles. The van der Waals surface area contributed by atoms with Crippen molar-refractivity contribution in [3.8, 4) is 11.3 Å². The molecule has 0 aliphatic heterocycles. The van der Waals surface area contributed by atoms with Crippen molar-refractivity contribution in [2.24, 2.45) is 11.8 Å². The molecule has 4 N–H and O–H groups in total. The van der Waals surface area contributed by atoms with Gasteiger partial charge in [0.1, 0.15) is 23.6 Å². The first kappa shape index (κ1) is 24.2. The maximum absolute atomic E-state index is 14.7. The number of aromatic amines is 1. The lowest BCUT2D eigenvalue weighted by Crippen LogP contribution is -2.26. The number of aliphatic hydroxyl groups excluding tert-OH is 1. The summed E-state index contributed by atoms with van der Waals surface area (Å²) in [6, 6.07) is 7.56. The fourth-order valence-electron chi connectivity index (χ4n) is 4.84. The molecular weight excluding hydrogens is 479 g/mol. The molecule has 1 saturated carbocycles. The standard InChI is InChI=1S/C26H27FN6O2S/c1-14-16-3-5-17(6-4-16)24(14)36-15(2)25(34)31-21-11-18(7-8-19(21)27)20-12-22(26(35)33-32-20)30-23-9-10-28-13-29-23/h7-13,16-17,25,31,34H,2-6H2,1H3,(H,33,35)(H,28,29,30,32). The molecule has 36 heavy (non-hydrogen) atoms. The van der Waals surface area contributed by atoms with Gasteiger partial charge < -0.3 is 15.7 Å². The Morgan fingerprint density at radius 2 is 1.97 bits per heavy atom. The van der Waals surface area contributed by atoms with Gasteiger partial charge in [-0.25, -0.2) is 19.5 Å². The zero-order valence-electron chi connectivity index (χ0n) is 19.8. The van der Waals surface area contributed by atoms with Gasteiger partial charge in [-0.1, -0.05) is 23.9 Å². The minimum absolute atomic E-state index is 0.107. The zero-order chi connectivity index (χ0) is 25.2. The van der Waals surface area contributed by atoms with Gasteiger partial charge in [-0.05, 0) is 79.7 Å². The highest BCUT2D eigenvalue weighted by Gasteiger charge is 2.34. The van der Waals surface area contributed by atoms with E-state index in [0.717, 1.165) is 0 Å². The maximum Gasteiger partial charge on any atom is 0.287 e. The van der Waals surface area contributed by atoms with Crippen LogP contribution in [0.15, 0.2) is 69.6 Å². The summed E-state index contributed by atoms with van der Waals surface area (Å²) in [5.41, 5.74) is 2.27. The van der Waals surface area contributed by atoms with Crippen LogP contribution in [0.3, 0.4) is 0 Å². The Bertz CT molecular complexity index is 1370. The van der Waals surface area contributed by atoms with E-state index in [1.54, 1.807) is 30.5 Å². The van der Waals surface area contributed by atoms with Crippen LogP contribution in [0.4, 0.5) is 21.6 Å². The Balaban J connectivity index is 1.33. The molecule has 186 valence electrons. The molecule has 2 heterocycles. The number of nitrogens with one attached hydrogen (secondary N) is 3. The second-order valence-corrected chi connectivity index (χ2v) is 10.3. The highest BCUT2D eigenvalue weighted by atomic mass is 32.2. The molecule has 0 spiro atoms. The summed E-state index contributed by atoms with van der Waals surface area (Å²) in [4.78, 5) is 22.0. The van der Waals surface area contributed by atoms with Gasteiger partial charge in [-0.2, -0.15) is 5.10 Å². The Morgan fingerprint density at radius 1 is 1.19 bits per heavy atom. The average Bonchev–Trinajstić information content (AvgIpc) is 2.89. The number of aliphatic hydroxyl groups is 1. The number of hydrogen-bond donors (Lipinski definition) is 4. The molecule has 1 unspecified atom stereocenters. The predicted octanol–water partition coefficient (Wildman–Crippen LogP) is 5.18. The van der Waals surface area contributed by atoms with E-state index in [4.69, 9.17) is 0 Å². The molecule has 2 bridgehead atoms. The summed E-state index contributed by atoms with van der Waals surface area (Å²) in [5.74, 6) is 1.08. The van der Waals surface area contributed by atoms with Crippen molar-refractivity contribution >= 4 is 29.0 Å². The number of hydrogen-bond acceptors (Lipinski definition) is 8. The van der Waals surface area contributed by atoms with E-state index in [2.05, 4.69) is 44.3 Å². The summed E-state index contributed by atoms with van der Waals surface area (Å²) in [6.07, 6.45) is 6.61. The predicted molar refractivity (Wildman–Crippen MR) is 140 cm³/mol. The summed E-state index contributed by atoms with van der Waals surface area (Å²) < 4.78 is 14.7. The Morgan fingerprint density at radius 3 is 2.69 bits per heavy atom. The highest BCUT2D eigenvalue weighted by molar-refractivity contribution is 8.06. The first-order valence-corrected chi connectivity index (χ1v) is 12.7. The van der Waals surface area contributed by atoms with Crippen LogP contribution >= 0.6 is 11.8 Å². The number of anilines is 3. The highest BCUT2D eigenvalue weighted by Crippen LogP contribution is 2.50. The molecule has 8 nitrogen and oxygen atoms in total. The van der Waals surface area contributed by atoms with Crippen LogP contribution in [0.5, 0.6) is 0 Å². The number of H-pyrrole nitrogens is 1. The zero-order valence-corrected chi connectivity index (χ0v) is 20.6. The number of halogens is 1. The van der Waals surface area contributed by atoms with E-state index >= 15 is 0 Å². The van der Waals surface area contributed by atoms with E-state index in [-0.39, 0.29) is 11.4 Å². The van der Waals surface area contributed by atoms with Crippen LogP contribution in [0.1, 0.15) is 32.6 Å². The second-order valence-electron chi connectivity index (χ2n) is 9.12. The smallest absolute Gasteiger partial charge is 0.287 e. The van der Waals surface area contributed by atoms with Gasteiger partial charge in [0.05, 0.1) is 11.4 Å². The number of nitrogens with zero attached hydrogens (tertiary/aromatic N) is 3. The molecular formula is C26H27FN6O2S. The van der Waals surface area contributed by atoms with Crippen molar-refractivity contribution in [2.45, 2.75) is 38.8 Å². The summed E-state index contributed by atoms with van der Waals surface area (Å²) >= 11 is 1.51. The molecule has 3 aromatic rings. The third-order valence-corrected chi connectivity index (χ3v) is 8.21. The first-order valence-electron chi connectivity index (χ1n) is 11.8. The molecule has 3 aliphatic carbocycles. The van der Waals surface area contributed by atoms with Crippen molar-refractivity contribution in [1.29, 1.82) is 0 Å². The van der Waals surface area contributed by atoms with Crippen LogP contribution < -0.4 is 16.2 Å². The third kappa shape index (κ3) is 5.05. The summed E-state index contributed by atoms with van der Waals surface area (Å²) in [7, 11) is 0. The van der Waals surface area contributed by atoms with E-state index in [0.29, 0.717) is 33.8 Å². The van der Waals surface area contributed by atoms with Gasteiger partial charge in [-0.15, -0.1) is 0 Å². The molecule has 6 rings (SSSR count). The Labute approximate surface area is 212 Å². The van der Waals surface area contributed by atoms with Gasteiger partial charge in [0.15, 0.2) is 6.23 Å². The van der Waals surface area contributed by atoms with Gasteiger partial charge in [0.2, 0.25) is 0 Å². The van der Waals surface area contributed by atoms with Crippen LogP contribution in [0.2, 0.25) is 0 Å². The minimum atomic E-state index is -1.14. The molecule has 1 fully saturated rings. The van der Waals surface area contributed by atoms with E-state index in [1.807, 2.05) is 0 Å². The Kier molecular flexibility index (Phi) is 6.88. The van der Waals surface area contributed by atoms with Crippen molar-refractivity contribution < 1.29 is 9.50 Å². The van der Waals surface area contributed by atoms with Crippen LogP contribution in [-0.2, 0) is 0 Å². The van der Waals surface area contributed by atoms with Gasteiger partial charge in [0, 0.05) is 16.7 Å². The molecule has 10 heteroatoms. The fraction of sp³-hybridized carbons (Fsp3) is 0.308. The number of benzene rings is 1. The van der Waals surface area contributed by atoms with Gasteiger partial charge in [-0.3, -0.25) is 4.79 Å². The quantitative estimate of drug-likeness (QED) is 0.309. The number of fused-ring (bicyclic) bond motifs is 2. The fourth-order valence-corrected chi connectivity index (χ4v) is 6.03. The van der Waals surface area contributed by atoms with Crippen molar-refractivity contribution in [3.05, 3.63) is 81.0 Å². The van der Waals surface area contributed by atoms with E-state index in [9.17, 15) is 14.3 Å². The molecule has 1 atom stereocenters. The maximum atomic E-state index is 14.7. The molecule has 2 aromatic heterocycles. The van der Waals surface area contributed by atoms with Gasteiger partial charge >= 0.3 is 0 Å². The largest absolute Gasteiger partial charge is 0.369 e. The van der Waals surface area contributed by atoms with Crippen LogP contribution in [-0.4, -0.2) is 31.5 Å². The Hall–Kier alpha value is -3.50. The average molecular weight is 507 g/mol. The topological polar surface area (TPSA) is 116 Å². The monoisotopic (exact) mass is 506 g/mol. The lowest BCUT2D eigenvalue weighted by atomic mass is 9.72. The number of rotatable bonds is 8. The number of thioether (sulfide) groups is 1. The molecule has 1 aromatic carbocycles. The third-order valence-electron chi connectivity index (χ3n) is 6.85. The lowest BCUT2D eigenvalue weighted by molar-refractivity contribution is 0.248. The van der Waals surface area contributed by atoms with E-state index in [1.165, 1.54) is 60.3 Å². The first-order chi connectivity index (χ1) is 17.4. The van der Waals surface area contributed by atoms with E-state index < -0.39 is 17.6 Å². The normalized spacial score (nSPS) is 19.8. The van der Waals surface area contributed by atoms with Gasteiger partial charge in [0.25, 0.3) is 5.56 Å². The molecule has 0 amide bonds. The van der Waals surface area contributed by atoms with Crippen molar-refractivity contribution in [1.82, 2.24) is 20.2 Å². The number of allylic oxidation sites excluding steroid dienone is 2. The van der Waals surface area contributed by atoms with Crippen LogP contribution in [0.25, 0.3) is 11.3 Å². The number of aromatic nitrogens is 4. The second kappa shape index (κ2) is 10.2. The van der Waals surface area contributed by atoms with Crippen molar-refractivity contribution in [3.63, 3.8) is 0 Å². The van der Waals surface area contributed by atoms with Crippen LogP contribution in [0, 0.1) is 17.7 Å².